The standard InChI is InChI=1S/C22H25N3O3/c1-4-15(3)23-20(26)17-12-10-16(11-13-17)14-25-19-9-7-6-8-18(19)24(5-2)21(27)22(25)28/h6-13,15H,4-5,14H2,1-3H3,(H,23,26)/t15-/m1/s1. The molecule has 0 fully saturated rings. The summed E-state index contributed by atoms with van der Waals surface area (Å²) in [7, 11) is 0. The van der Waals surface area contributed by atoms with Crippen LogP contribution in [0.15, 0.2) is 58.1 Å². The quantitative estimate of drug-likeness (QED) is 0.670. The van der Waals surface area contributed by atoms with Gasteiger partial charge in [-0.15, -0.1) is 0 Å². The van der Waals surface area contributed by atoms with Crippen LogP contribution in [0.4, 0.5) is 0 Å². The summed E-state index contributed by atoms with van der Waals surface area (Å²) < 4.78 is 2.99. The fourth-order valence-electron chi connectivity index (χ4n) is 3.19. The second-order valence-corrected chi connectivity index (χ2v) is 6.91. The number of hydrogen-bond acceptors (Lipinski definition) is 3. The summed E-state index contributed by atoms with van der Waals surface area (Å²) in [5, 5.41) is 2.93. The molecule has 0 unspecified atom stereocenters. The number of fused-ring (bicyclic) bond motifs is 1. The van der Waals surface area contributed by atoms with Crippen LogP contribution in [0, 0.1) is 0 Å². The Bertz CT molecular complexity index is 1110. The number of aromatic nitrogens is 2. The molecule has 0 spiro atoms. The first-order valence-electron chi connectivity index (χ1n) is 9.58. The van der Waals surface area contributed by atoms with Crippen molar-refractivity contribution >= 4 is 16.9 Å². The normalized spacial score (nSPS) is 12.1. The Balaban J connectivity index is 1.96. The van der Waals surface area contributed by atoms with E-state index in [1.807, 2.05) is 57.2 Å². The van der Waals surface area contributed by atoms with E-state index < -0.39 is 11.1 Å². The van der Waals surface area contributed by atoms with Gasteiger partial charge < -0.3 is 9.88 Å². The minimum Gasteiger partial charge on any atom is -0.350 e. The van der Waals surface area contributed by atoms with Gasteiger partial charge in [-0.3, -0.25) is 19.0 Å². The Morgan fingerprint density at radius 2 is 1.50 bits per heavy atom. The molecule has 1 N–H and O–H groups in total. The highest BCUT2D eigenvalue weighted by atomic mass is 16.2. The third-order valence-corrected chi connectivity index (χ3v) is 5.00. The maximum atomic E-state index is 12.7. The number of para-hydroxylation sites is 2. The molecule has 3 aromatic rings. The van der Waals surface area contributed by atoms with Crippen LogP contribution in [0.1, 0.15) is 43.1 Å². The molecule has 2 aromatic carbocycles. The number of nitrogens with one attached hydrogen (secondary N) is 1. The average molecular weight is 379 g/mol. The highest BCUT2D eigenvalue weighted by Gasteiger charge is 2.13. The van der Waals surface area contributed by atoms with Crippen LogP contribution in [0.2, 0.25) is 0 Å². The lowest BCUT2D eigenvalue weighted by Crippen LogP contribution is -2.41. The summed E-state index contributed by atoms with van der Waals surface area (Å²) in [6.45, 7) is 6.54. The summed E-state index contributed by atoms with van der Waals surface area (Å²) >= 11 is 0. The number of hydrogen-bond donors (Lipinski definition) is 1. The van der Waals surface area contributed by atoms with Gasteiger partial charge in [0.05, 0.1) is 17.6 Å². The number of amides is 1. The molecule has 0 saturated heterocycles. The zero-order chi connectivity index (χ0) is 20.3. The molecule has 28 heavy (non-hydrogen) atoms. The van der Waals surface area contributed by atoms with Crippen molar-refractivity contribution in [2.45, 2.75) is 46.3 Å². The van der Waals surface area contributed by atoms with Crippen molar-refractivity contribution in [2.24, 2.45) is 0 Å². The summed E-state index contributed by atoms with van der Waals surface area (Å²) in [5.74, 6) is -0.117. The molecule has 1 aromatic heterocycles. The van der Waals surface area contributed by atoms with E-state index in [1.165, 1.54) is 9.13 Å². The van der Waals surface area contributed by atoms with Crippen LogP contribution in [-0.2, 0) is 13.1 Å². The van der Waals surface area contributed by atoms with Crippen molar-refractivity contribution < 1.29 is 4.79 Å². The van der Waals surface area contributed by atoms with E-state index in [4.69, 9.17) is 0 Å². The first-order valence-corrected chi connectivity index (χ1v) is 9.58. The number of carbonyl (C=O) groups excluding carboxylic acids is 1. The smallest absolute Gasteiger partial charge is 0.317 e. The van der Waals surface area contributed by atoms with Crippen LogP contribution in [0.3, 0.4) is 0 Å². The van der Waals surface area contributed by atoms with Gasteiger partial charge in [-0.05, 0) is 50.1 Å². The molecule has 0 aliphatic carbocycles. The molecule has 0 radical (unpaired) electrons. The minimum absolute atomic E-state index is 0.113. The van der Waals surface area contributed by atoms with Crippen molar-refractivity contribution in [3.8, 4) is 0 Å². The maximum absolute atomic E-state index is 12.7. The lowest BCUT2D eigenvalue weighted by Gasteiger charge is -2.14. The van der Waals surface area contributed by atoms with E-state index in [9.17, 15) is 14.4 Å². The van der Waals surface area contributed by atoms with Crippen molar-refractivity contribution in [1.29, 1.82) is 0 Å². The SMILES string of the molecule is CC[C@@H](C)NC(=O)c1ccc(Cn2c(=O)c(=O)n(CC)c3ccccc32)cc1. The van der Waals surface area contributed by atoms with Crippen molar-refractivity contribution in [3.63, 3.8) is 0 Å². The number of carbonyl (C=O) groups is 1. The van der Waals surface area contributed by atoms with Gasteiger partial charge in [-0.25, -0.2) is 0 Å². The lowest BCUT2D eigenvalue weighted by atomic mass is 10.1. The molecular weight excluding hydrogens is 354 g/mol. The van der Waals surface area contributed by atoms with Gasteiger partial charge in [0.25, 0.3) is 5.91 Å². The van der Waals surface area contributed by atoms with Crippen LogP contribution >= 0.6 is 0 Å². The van der Waals surface area contributed by atoms with Gasteiger partial charge in [-0.1, -0.05) is 31.2 Å². The van der Waals surface area contributed by atoms with E-state index >= 15 is 0 Å². The molecule has 146 valence electrons. The Hall–Kier alpha value is -3.15. The highest BCUT2D eigenvalue weighted by molar-refractivity contribution is 5.94. The predicted molar refractivity (Wildman–Crippen MR) is 111 cm³/mol. The lowest BCUT2D eigenvalue weighted by molar-refractivity contribution is 0.0939. The van der Waals surface area contributed by atoms with Crippen LogP contribution in [0.25, 0.3) is 11.0 Å². The zero-order valence-electron chi connectivity index (χ0n) is 16.4. The summed E-state index contributed by atoms with van der Waals surface area (Å²) in [4.78, 5) is 37.4. The molecule has 1 heterocycles. The van der Waals surface area contributed by atoms with Gasteiger partial charge in [0.15, 0.2) is 0 Å². The molecule has 1 amide bonds. The molecular formula is C22H25N3O3. The Morgan fingerprint density at radius 3 is 2.07 bits per heavy atom. The summed E-state index contributed by atoms with van der Waals surface area (Å²) in [6, 6.07) is 14.6. The number of benzene rings is 2. The second kappa shape index (κ2) is 8.25. The summed E-state index contributed by atoms with van der Waals surface area (Å²) in [5.41, 5.74) is 1.81. The Morgan fingerprint density at radius 1 is 0.929 bits per heavy atom. The third-order valence-electron chi connectivity index (χ3n) is 5.00. The van der Waals surface area contributed by atoms with E-state index in [2.05, 4.69) is 5.32 Å². The monoisotopic (exact) mass is 379 g/mol. The summed E-state index contributed by atoms with van der Waals surface area (Å²) in [6.07, 6.45) is 0.864. The maximum Gasteiger partial charge on any atom is 0.317 e. The molecule has 0 aliphatic heterocycles. The zero-order valence-corrected chi connectivity index (χ0v) is 16.4. The van der Waals surface area contributed by atoms with Crippen molar-refractivity contribution in [2.75, 3.05) is 0 Å². The van der Waals surface area contributed by atoms with Gasteiger partial charge in [0.1, 0.15) is 0 Å². The van der Waals surface area contributed by atoms with Crippen molar-refractivity contribution in [3.05, 3.63) is 80.4 Å². The van der Waals surface area contributed by atoms with Gasteiger partial charge in [0, 0.05) is 18.2 Å². The van der Waals surface area contributed by atoms with Gasteiger partial charge in [0.2, 0.25) is 0 Å². The number of rotatable bonds is 6. The number of nitrogens with zero attached hydrogens (tertiary/aromatic N) is 2. The Labute approximate surface area is 163 Å². The van der Waals surface area contributed by atoms with Gasteiger partial charge in [-0.2, -0.15) is 0 Å². The topological polar surface area (TPSA) is 73.1 Å². The molecule has 6 nitrogen and oxygen atoms in total. The molecule has 0 aliphatic rings. The Kier molecular flexibility index (Phi) is 5.78. The molecule has 0 bridgehead atoms. The van der Waals surface area contributed by atoms with Crippen LogP contribution < -0.4 is 16.4 Å². The fraction of sp³-hybridized carbons (Fsp3) is 0.318. The van der Waals surface area contributed by atoms with Crippen molar-refractivity contribution in [1.82, 2.24) is 14.5 Å². The number of aryl methyl sites for hydroxylation is 1. The van der Waals surface area contributed by atoms with Crippen LogP contribution in [0.5, 0.6) is 0 Å². The molecule has 1 atom stereocenters. The van der Waals surface area contributed by atoms with E-state index in [0.717, 1.165) is 17.5 Å². The van der Waals surface area contributed by atoms with Crippen LogP contribution in [-0.4, -0.2) is 21.1 Å². The first kappa shape index (κ1) is 19.6. The first-order chi connectivity index (χ1) is 13.5. The highest BCUT2D eigenvalue weighted by Crippen LogP contribution is 2.13. The van der Waals surface area contributed by atoms with E-state index in [-0.39, 0.29) is 18.5 Å². The van der Waals surface area contributed by atoms with E-state index in [0.29, 0.717) is 17.6 Å². The average Bonchev–Trinajstić information content (AvgIpc) is 2.72. The third kappa shape index (κ3) is 3.76. The largest absolute Gasteiger partial charge is 0.350 e. The molecule has 3 rings (SSSR count). The van der Waals surface area contributed by atoms with E-state index in [1.54, 1.807) is 12.1 Å². The second-order valence-electron chi connectivity index (χ2n) is 6.91. The predicted octanol–water partition coefficient (Wildman–Crippen LogP) is 2.76. The van der Waals surface area contributed by atoms with Gasteiger partial charge >= 0.3 is 11.1 Å². The molecule has 0 saturated carbocycles. The fourth-order valence-corrected chi connectivity index (χ4v) is 3.19. The minimum atomic E-state index is -0.542. The molecule has 6 heteroatoms.